The summed E-state index contributed by atoms with van der Waals surface area (Å²) in [5.74, 6) is 0.0491. The van der Waals surface area contributed by atoms with Gasteiger partial charge in [0.2, 0.25) is 0 Å². The molecule has 0 spiro atoms. The van der Waals surface area contributed by atoms with Crippen molar-refractivity contribution in [3.05, 3.63) is 35.1 Å². The van der Waals surface area contributed by atoms with Gasteiger partial charge in [0.05, 0.1) is 12.7 Å². The van der Waals surface area contributed by atoms with Crippen LogP contribution in [0.5, 0.6) is 0 Å². The Morgan fingerprint density at radius 1 is 1.44 bits per heavy atom. The third-order valence-corrected chi connectivity index (χ3v) is 2.70. The molecule has 0 radical (unpaired) electrons. The van der Waals surface area contributed by atoms with Gasteiger partial charge in [-0.3, -0.25) is 0 Å². The molecule has 1 aliphatic rings. The van der Waals surface area contributed by atoms with Crippen molar-refractivity contribution in [3.63, 3.8) is 0 Å². The quantitative estimate of drug-likeness (QED) is 0.797. The van der Waals surface area contributed by atoms with Gasteiger partial charge in [-0.1, -0.05) is 32.9 Å². The van der Waals surface area contributed by atoms with E-state index in [4.69, 9.17) is 10.5 Å². The van der Waals surface area contributed by atoms with Crippen molar-refractivity contribution in [1.82, 2.24) is 0 Å². The monoisotopic (exact) mass is 225 g/mol. The van der Waals surface area contributed by atoms with Crippen molar-refractivity contribution in [2.45, 2.75) is 32.8 Å². The summed E-state index contributed by atoms with van der Waals surface area (Å²) in [5.41, 5.74) is 7.22. The smallest absolute Gasteiger partial charge is 0.129 e. The Morgan fingerprint density at radius 2 is 2.12 bits per heavy atom. The molecule has 0 saturated carbocycles. The summed E-state index contributed by atoms with van der Waals surface area (Å²) in [6.07, 6.45) is -0.276. The van der Waals surface area contributed by atoms with Gasteiger partial charge in [0.15, 0.2) is 0 Å². The topological polar surface area (TPSA) is 35.2 Å². The van der Waals surface area contributed by atoms with E-state index in [-0.39, 0.29) is 17.8 Å². The molecule has 0 bridgehead atoms. The molecule has 1 aliphatic heterocycles. The van der Waals surface area contributed by atoms with Gasteiger partial charge in [0.25, 0.3) is 0 Å². The van der Waals surface area contributed by atoms with E-state index in [9.17, 15) is 4.39 Å². The highest BCUT2D eigenvalue weighted by Gasteiger charge is 2.26. The average molecular weight is 225 g/mol. The lowest BCUT2D eigenvalue weighted by Gasteiger charge is -2.29. The van der Waals surface area contributed by atoms with Gasteiger partial charge in [0.1, 0.15) is 5.82 Å². The number of rotatable bonds is 1. The van der Waals surface area contributed by atoms with Gasteiger partial charge in [0, 0.05) is 18.0 Å². The average Bonchev–Trinajstić information content (AvgIpc) is 2.33. The molecule has 0 aromatic heterocycles. The molecule has 1 aromatic rings. The molecule has 0 aliphatic carbocycles. The standard InChI is InChI=1S/C11H14FNO.C2H6/c1-7-6-14-10(5-13)11-8(7)3-2-4-9(11)12;1-2/h2-4,7,10H,5-6,13H2,1H3;1-2H3/t7-,10-;/m0./s1. The predicted octanol–water partition coefficient (Wildman–Crippen LogP) is 2.99. The fraction of sp³-hybridized carbons (Fsp3) is 0.538. The maximum absolute atomic E-state index is 13.5. The second-order valence-electron chi connectivity index (χ2n) is 3.70. The van der Waals surface area contributed by atoms with Crippen LogP contribution in [0.3, 0.4) is 0 Å². The Hall–Kier alpha value is -0.930. The Kier molecular flexibility index (Phi) is 4.90. The summed E-state index contributed by atoms with van der Waals surface area (Å²) in [7, 11) is 0. The lowest BCUT2D eigenvalue weighted by atomic mass is 9.90. The largest absolute Gasteiger partial charge is 0.371 e. The van der Waals surface area contributed by atoms with Crippen LogP contribution in [0.1, 0.15) is 43.9 Å². The lowest BCUT2D eigenvalue weighted by molar-refractivity contribution is 0.0336. The van der Waals surface area contributed by atoms with Crippen molar-refractivity contribution in [2.24, 2.45) is 5.73 Å². The zero-order valence-corrected chi connectivity index (χ0v) is 10.2. The van der Waals surface area contributed by atoms with Gasteiger partial charge < -0.3 is 10.5 Å². The number of hydrogen-bond donors (Lipinski definition) is 1. The van der Waals surface area contributed by atoms with Gasteiger partial charge in [-0.15, -0.1) is 0 Å². The van der Waals surface area contributed by atoms with Crippen LogP contribution in [0.4, 0.5) is 4.39 Å². The molecule has 0 saturated heterocycles. The number of hydrogen-bond acceptors (Lipinski definition) is 2. The summed E-state index contributed by atoms with van der Waals surface area (Å²) in [5, 5.41) is 0. The molecule has 90 valence electrons. The molecule has 16 heavy (non-hydrogen) atoms. The van der Waals surface area contributed by atoms with E-state index in [1.54, 1.807) is 6.07 Å². The minimum Gasteiger partial charge on any atom is -0.371 e. The zero-order valence-electron chi connectivity index (χ0n) is 10.2. The number of halogens is 1. The van der Waals surface area contributed by atoms with Crippen LogP contribution in [0.2, 0.25) is 0 Å². The molecule has 2 rings (SSSR count). The third-order valence-electron chi connectivity index (χ3n) is 2.70. The van der Waals surface area contributed by atoms with E-state index in [2.05, 4.69) is 0 Å². The maximum Gasteiger partial charge on any atom is 0.129 e. The summed E-state index contributed by atoms with van der Waals surface area (Å²) >= 11 is 0. The van der Waals surface area contributed by atoms with Gasteiger partial charge in [-0.2, -0.15) is 0 Å². The highest BCUT2D eigenvalue weighted by Crippen LogP contribution is 2.34. The fourth-order valence-electron chi connectivity index (χ4n) is 1.94. The first-order valence-corrected chi connectivity index (χ1v) is 5.84. The SMILES string of the molecule is CC.C[C@H]1CO[C@@H](CN)c2c(F)cccc21. The maximum atomic E-state index is 13.5. The Bertz CT molecular complexity index is 341. The molecule has 1 heterocycles. The molecule has 1 aromatic carbocycles. The van der Waals surface area contributed by atoms with Crippen LogP contribution in [-0.2, 0) is 4.74 Å². The fourth-order valence-corrected chi connectivity index (χ4v) is 1.94. The Balaban J connectivity index is 0.000000606. The number of nitrogens with two attached hydrogens (primary N) is 1. The minimum atomic E-state index is -0.276. The van der Waals surface area contributed by atoms with Crippen molar-refractivity contribution in [2.75, 3.05) is 13.2 Å². The van der Waals surface area contributed by atoms with Crippen LogP contribution in [0.15, 0.2) is 18.2 Å². The van der Waals surface area contributed by atoms with E-state index in [1.807, 2.05) is 26.8 Å². The van der Waals surface area contributed by atoms with E-state index < -0.39 is 0 Å². The first-order valence-electron chi connectivity index (χ1n) is 5.84. The number of ether oxygens (including phenoxy) is 1. The highest BCUT2D eigenvalue weighted by molar-refractivity contribution is 5.35. The molecule has 2 nitrogen and oxygen atoms in total. The van der Waals surface area contributed by atoms with Crippen LogP contribution >= 0.6 is 0 Å². The Morgan fingerprint density at radius 3 is 2.75 bits per heavy atom. The molecular formula is C13H20FNO. The normalized spacial score (nSPS) is 23.1. The Labute approximate surface area is 96.6 Å². The summed E-state index contributed by atoms with van der Waals surface area (Å²) in [4.78, 5) is 0. The van der Waals surface area contributed by atoms with E-state index in [1.165, 1.54) is 6.07 Å². The van der Waals surface area contributed by atoms with Crippen molar-refractivity contribution in [1.29, 1.82) is 0 Å². The van der Waals surface area contributed by atoms with Crippen molar-refractivity contribution < 1.29 is 9.13 Å². The highest BCUT2D eigenvalue weighted by atomic mass is 19.1. The minimum absolute atomic E-state index is 0.204. The van der Waals surface area contributed by atoms with Crippen LogP contribution in [0.25, 0.3) is 0 Å². The molecule has 0 amide bonds. The first-order chi connectivity index (χ1) is 7.74. The first kappa shape index (κ1) is 13.1. The van der Waals surface area contributed by atoms with Crippen LogP contribution in [-0.4, -0.2) is 13.2 Å². The lowest BCUT2D eigenvalue weighted by Crippen LogP contribution is -2.26. The molecule has 0 fully saturated rings. The van der Waals surface area contributed by atoms with Crippen molar-refractivity contribution >= 4 is 0 Å². The third kappa shape index (κ3) is 2.42. The number of fused-ring (bicyclic) bond motifs is 1. The van der Waals surface area contributed by atoms with Crippen LogP contribution in [0, 0.1) is 5.82 Å². The van der Waals surface area contributed by atoms with E-state index in [0.717, 1.165) is 5.56 Å². The van der Waals surface area contributed by atoms with Crippen LogP contribution < -0.4 is 5.73 Å². The molecule has 0 unspecified atom stereocenters. The van der Waals surface area contributed by atoms with Crippen molar-refractivity contribution in [3.8, 4) is 0 Å². The predicted molar refractivity (Wildman–Crippen MR) is 63.9 cm³/mol. The van der Waals surface area contributed by atoms with Gasteiger partial charge >= 0.3 is 0 Å². The summed E-state index contributed by atoms with van der Waals surface area (Å²) in [6.45, 7) is 6.99. The summed E-state index contributed by atoms with van der Waals surface area (Å²) in [6, 6.07) is 5.15. The van der Waals surface area contributed by atoms with Gasteiger partial charge in [-0.25, -0.2) is 4.39 Å². The van der Waals surface area contributed by atoms with E-state index >= 15 is 0 Å². The second-order valence-corrected chi connectivity index (χ2v) is 3.70. The summed E-state index contributed by atoms with van der Waals surface area (Å²) < 4.78 is 19.0. The molecule has 3 heteroatoms. The van der Waals surface area contributed by atoms with Gasteiger partial charge in [-0.05, 0) is 11.6 Å². The second kappa shape index (κ2) is 5.97. The molecule has 2 N–H and O–H groups in total. The molecular weight excluding hydrogens is 205 g/mol. The van der Waals surface area contributed by atoms with E-state index in [0.29, 0.717) is 18.7 Å². The number of benzene rings is 1. The zero-order chi connectivity index (χ0) is 12.1. The molecule has 2 atom stereocenters.